The molecule has 3 nitrogen and oxygen atoms in total. The third kappa shape index (κ3) is 2.26. The van der Waals surface area contributed by atoms with Crippen molar-refractivity contribution in [2.45, 2.75) is 39.0 Å². The van der Waals surface area contributed by atoms with Gasteiger partial charge in [0.2, 0.25) is 0 Å². The molecule has 0 aromatic rings. The number of aliphatic hydroxyl groups excluding tert-OH is 2. The minimum atomic E-state index is -0.208. The molecule has 0 amide bonds. The standard InChI is InChI=1S/C15H24O3/c1-10-4-3-5-11(8-16)14(18)6-13-12(10)7-15(13,2)9-17/h11-13,16-17H,1,3-9H2,2H3. The average molecular weight is 252 g/mol. The van der Waals surface area contributed by atoms with Crippen molar-refractivity contribution in [1.29, 1.82) is 0 Å². The van der Waals surface area contributed by atoms with E-state index in [1.54, 1.807) is 0 Å². The topological polar surface area (TPSA) is 57.5 Å². The quantitative estimate of drug-likeness (QED) is 0.738. The Balaban J connectivity index is 2.17. The van der Waals surface area contributed by atoms with Gasteiger partial charge in [-0.15, -0.1) is 0 Å². The molecule has 0 bridgehead atoms. The number of rotatable bonds is 2. The van der Waals surface area contributed by atoms with Crippen LogP contribution in [0.4, 0.5) is 0 Å². The largest absolute Gasteiger partial charge is 0.396 e. The number of ketones is 1. The van der Waals surface area contributed by atoms with Gasteiger partial charge in [-0.1, -0.05) is 19.1 Å². The Hall–Kier alpha value is -0.670. The molecule has 2 rings (SSSR count). The normalized spacial score (nSPS) is 41.4. The van der Waals surface area contributed by atoms with Crippen LogP contribution in [0.15, 0.2) is 12.2 Å². The zero-order chi connectivity index (χ0) is 13.3. The van der Waals surface area contributed by atoms with Crippen LogP contribution < -0.4 is 0 Å². The van der Waals surface area contributed by atoms with Gasteiger partial charge in [0.25, 0.3) is 0 Å². The zero-order valence-corrected chi connectivity index (χ0v) is 11.2. The lowest BCUT2D eigenvalue weighted by atomic mass is 9.51. The first-order valence-electron chi connectivity index (χ1n) is 6.94. The van der Waals surface area contributed by atoms with E-state index in [9.17, 15) is 15.0 Å². The molecule has 102 valence electrons. The average Bonchev–Trinajstić information content (AvgIpc) is 2.40. The van der Waals surface area contributed by atoms with E-state index in [-0.39, 0.29) is 36.2 Å². The molecule has 0 heterocycles. The van der Waals surface area contributed by atoms with Crippen LogP contribution in [0, 0.1) is 23.2 Å². The number of fused-ring (bicyclic) bond motifs is 1. The zero-order valence-electron chi connectivity index (χ0n) is 11.2. The van der Waals surface area contributed by atoms with Crippen molar-refractivity contribution in [2.75, 3.05) is 13.2 Å². The fraction of sp³-hybridized carbons (Fsp3) is 0.800. The lowest BCUT2D eigenvalue weighted by Crippen LogP contribution is -2.50. The molecule has 0 spiro atoms. The molecule has 0 radical (unpaired) electrons. The maximum atomic E-state index is 12.2. The number of allylic oxidation sites excluding steroid dienone is 1. The molecule has 3 heteroatoms. The first-order valence-corrected chi connectivity index (χ1v) is 6.94. The lowest BCUT2D eigenvalue weighted by molar-refractivity contribution is -0.131. The van der Waals surface area contributed by atoms with Gasteiger partial charge in [-0.05, 0) is 42.9 Å². The third-order valence-corrected chi connectivity index (χ3v) is 5.10. The summed E-state index contributed by atoms with van der Waals surface area (Å²) < 4.78 is 0. The van der Waals surface area contributed by atoms with Crippen molar-refractivity contribution in [3.05, 3.63) is 12.2 Å². The summed E-state index contributed by atoms with van der Waals surface area (Å²) in [6.07, 6.45) is 4.10. The summed E-state index contributed by atoms with van der Waals surface area (Å²) in [5.74, 6) is 0.569. The van der Waals surface area contributed by atoms with Gasteiger partial charge in [0.05, 0.1) is 6.61 Å². The summed E-state index contributed by atoms with van der Waals surface area (Å²) in [4.78, 5) is 12.2. The first-order chi connectivity index (χ1) is 8.51. The number of hydrogen-bond acceptors (Lipinski definition) is 3. The van der Waals surface area contributed by atoms with Gasteiger partial charge in [0.15, 0.2) is 0 Å². The van der Waals surface area contributed by atoms with Crippen molar-refractivity contribution in [3.8, 4) is 0 Å². The van der Waals surface area contributed by atoms with Crippen molar-refractivity contribution in [3.63, 3.8) is 0 Å². The predicted molar refractivity (Wildman–Crippen MR) is 70.0 cm³/mol. The van der Waals surface area contributed by atoms with Crippen LogP contribution in [0.2, 0.25) is 0 Å². The van der Waals surface area contributed by atoms with Crippen molar-refractivity contribution in [2.24, 2.45) is 23.2 Å². The number of carbonyl (C=O) groups is 1. The highest BCUT2D eigenvalue weighted by Gasteiger charge is 2.51. The Bertz CT molecular complexity index is 350. The Morgan fingerprint density at radius 3 is 2.78 bits per heavy atom. The van der Waals surface area contributed by atoms with Gasteiger partial charge in [-0.2, -0.15) is 0 Å². The van der Waals surface area contributed by atoms with Gasteiger partial charge in [0, 0.05) is 18.9 Å². The van der Waals surface area contributed by atoms with E-state index < -0.39 is 0 Å². The summed E-state index contributed by atoms with van der Waals surface area (Å²) in [6.45, 7) is 6.31. The summed E-state index contributed by atoms with van der Waals surface area (Å²) in [5, 5.41) is 18.8. The predicted octanol–water partition coefficient (Wildman–Crippen LogP) is 1.93. The molecular formula is C15H24O3. The SMILES string of the molecule is C=C1CCCC(CO)C(=O)CC2C1CC2(C)CO. The summed E-state index contributed by atoms with van der Waals surface area (Å²) in [5.41, 5.74) is 1.10. The van der Waals surface area contributed by atoms with E-state index in [2.05, 4.69) is 13.5 Å². The summed E-state index contributed by atoms with van der Waals surface area (Å²) in [6, 6.07) is 0. The Kier molecular flexibility index (Phi) is 3.93. The minimum absolute atomic E-state index is 0.0431. The molecule has 2 aliphatic carbocycles. The Morgan fingerprint density at radius 2 is 2.17 bits per heavy atom. The van der Waals surface area contributed by atoms with E-state index in [0.717, 1.165) is 25.7 Å². The second-order valence-corrected chi connectivity index (χ2v) is 6.33. The maximum absolute atomic E-state index is 12.2. The van der Waals surface area contributed by atoms with Crippen molar-refractivity contribution >= 4 is 5.78 Å². The second kappa shape index (κ2) is 5.14. The lowest BCUT2D eigenvalue weighted by Gasteiger charge is -2.53. The van der Waals surface area contributed by atoms with Crippen LogP contribution in [0.5, 0.6) is 0 Å². The maximum Gasteiger partial charge on any atom is 0.138 e. The Morgan fingerprint density at radius 1 is 1.44 bits per heavy atom. The number of hydrogen-bond donors (Lipinski definition) is 2. The molecule has 18 heavy (non-hydrogen) atoms. The molecule has 2 saturated carbocycles. The van der Waals surface area contributed by atoms with Crippen LogP contribution >= 0.6 is 0 Å². The van der Waals surface area contributed by atoms with Gasteiger partial charge in [0.1, 0.15) is 5.78 Å². The number of Topliss-reactive ketones (excluding diaryl/α,β-unsaturated/α-hetero) is 1. The molecule has 2 fully saturated rings. The highest BCUT2D eigenvalue weighted by Crippen LogP contribution is 2.56. The summed E-state index contributed by atoms with van der Waals surface area (Å²) >= 11 is 0. The van der Waals surface area contributed by atoms with E-state index in [1.807, 2.05) is 0 Å². The molecule has 4 unspecified atom stereocenters. The fourth-order valence-electron chi connectivity index (χ4n) is 3.62. The second-order valence-electron chi connectivity index (χ2n) is 6.33. The van der Waals surface area contributed by atoms with E-state index >= 15 is 0 Å². The molecule has 4 atom stereocenters. The van der Waals surface area contributed by atoms with Gasteiger partial charge in [-0.25, -0.2) is 0 Å². The van der Waals surface area contributed by atoms with E-state index in [4.69, 9.17) is 0 Å². The fourth-order valence-corrected chi connectivity index (χ4v) is 3.62. The van der Waals surface area contributed by atoms with Crippen LogP contribution in [-0.4, -0.2) is 29.2 Å². The van der Waals surface area contributed by atoms with Crippen molar-refractivity contribution in [1.82, 2.24) is 0 Å². The van der Waals surface area contributed by atoms with E-state index in [1.165, 1.54) is 5.57 Å². The van der Waals surface area contributed by atoms with Crippen molar-refractivity contribution < 1.29 is 15.0 Å². The minimum Gasteiger partial charge on any atom is -0.396 e. The first kappa shape index (κ1) is 13.8. The molecular weight excluding hydrogens is 228 g/mol. The summed E-state index contributed by atoms with van der Waals surface area (Å²) in [7, 11) is 0. The third-order valence-electron chi connectivity index (χ3n) is 5.10. The van der Waals surface area contributed by atoms with E-state index in [0.29, 0.717) is 12.3 Å². The molecule has 0 saturated heterocycles. The monoisotopic (exact) mass is 252 g/mol. The van der Waals surface area contributed by atoms with Crippen LogP contribution in [0.1, 0.15) is 39.0 Å². The smallest absolute Gasteiger partial charge is 0.138 e. The molecule has 0 aliphatic heterocycles. The Labute approximate surface area is 109 Å². The van der Waals surface area contributed by atoms with Gasteiger partial charge < -0.3 is 10.2 Å². The molecule has 0 aromatic carbocycles. The molecule has 2 aliphatic rings. The number of aliphatic hydroxyl groups is 2. The molecule has 2 N–H and O–H groups in total. The van der Waals surface area contributed by atoms with Gasteiger partial charge >= 0.3 is 0 Å². The van der Waals surface area contributed by atoms with Crippen LogP contribution in [0.25, 0.3) is 0 Å². The van der Waals surface area contributed by atoms with Crippen LogP contribution in [-0.2, 0) is 4.79 Å². The highest BCUT2D eigenvalue weighted by atomic mass is 16.3. The highest BCUT2D eigenvalue weighted by molar-refractivity contribution is 5.81. The van der Waals surface area contributed by atoms with Crippen LogP contribution in [0.3, 0.4) is 0 Å². The van der Waals surface area contributed by atoms with Gasteiger partial charge in [-0.3, -0.25) is 4.79 Å². The number of carbonyl (C=O) groups excluding carboxylic acids is 1. The molecule has 0 aromatic heterocycles.